The third-order valence-corrected chi connectivity index (χ3v) is 4.39. The van der Waals surface area contributed by atoms with Gasteiger partial charge in [0.2, 0.25) is 11.8 Å². The quantitative estimate of drug-likeness (QED) is 0.493. The number of phenols is 1. The number of benzene rings is 2. The summed E-state index contributed by atoms with van der Waals surface area (Å²) < 4.78 is 5.04. The van der Waals surface area contributed by atoms with Gasteiger partial charge in [-0.05, 0) is 65.7 Å². The number of carbonyl (C=O) groups is 3. The lowest BCUT2D eigenvalue weighted by Gasteiger charge is -2.25. The average Bonchev–Trinajstić information content (AvgIpc) is 2.73. The van der Waals surface area contributed by atoms with Gasteiger partial charge in [0.1, 0.15) is 23.4 Å². The van der Waals surface area contributed by atoms with Crippen LogP contribution in [0.5, 0.6) is 5.75 Å². The van der Waals surface area contributed by atoms with Crippen LogP contribution in [-0.4, -0.2) is 47.2 Å². The van der Waals surface area contributed by atoms with Crippen molar-refractivity contribution in [3.8, 4) is 5.75 Å². The smallest absolute Gasteiger partial charge is 0.408 e. The molecular formula is C26H37N3O5. The summed E-state index contributed by atoms with van der Waals surface area (Å²) in [6.45, 7) is 10.5. The molecule has 0 aliphatic carbocycles. The van der Waals surface area contributed by atoms with E-state index in [2.05, 4.69) is 35.0 Å². The molecule has 0 spiro atoms. The molecule has 2 aromatic rings. The number of aromatic hydroxyl groups is 1. The SMILES string of the molecule is CC(C)(C)OC(=O)NCC(=O)NC(C)(C)C(=O)NCCc1ccc(O)cc1.Cc1ccccc1. The molecule has 0 fully saturated rings. The molecule has 8 nitrogen and oxygen atoms in total. The zero-order valence-corrected chi connectivity index (χ0v) is 20.9. The number of nitrogens with one attached hydrogen (secondary N) is 3. The number of aryl methyl sites for hydroxylation is 1. The van der Waals surface area contributed by atoms with Crippen molar-refractivity contribution < 1.29 is 24.2 Å². The Kier molecular flexibility index (Phi) is 11.1. The standard InChI is InChI=1S/C19H29N3O5.C7H8/c1-18(2,3)27-17(26)21-12-15(24)22-19(4,5)16(25)20-11-10-13-6-8-14(23)9-7-13;1-7-5-3-2-4-6-7/h6-9,23H,10-12H2,1-5H3,(H,20,25)(H,21,26)(H,22,24);2-6H,1H3. The molecule has 0 bridgehead atoms. The van der Waals surface area contributed by atoms with Crippen molar-refractivity contribution in [1.29, 1.82) is 0 Å². The first-order valence-corrected chi connectivity index (χ1v) is 11.1. The van der Waals surface area contributed by atoms with Crippen molar-refractivity contribution in [3.05, 3.63) is 65.7 Å². The molecule has 0 heterocycles. The summed E-state index contributed by atoms with van der Waals surface area (Å²) in [5.41, 5.74) is 0.498. The van der Waals surface area contributed by atoms with Crippen LogP contribution in [0.4, 0.5) is 4.79 Å². The molecule has 0 saturated carbocycles. The molecule has 186 valence electrons. The maximum Gasteiger partial charge on any atom is 0.408 e. The Hall–Kier alpha value is -3.55. The predicted molar refractivity (Wildman–Crippen MR) is 132 cm³/mol. The van der Waals surface area contributed by atoms with Gasteiger partial charge in [0, 0.05) is 6.54 Å². The topological polar surface area (TPSA) is 117 Å². The number of rotatable bonds is 7. The lowest BCUT2D eigenvalue weighted by Crippen LogP contribution is -2.56. The summed E-state index contributed by atoms with van der Waals surface area (Å²) in [5.74, 6) is -0.655. The van der Waals surface area contributed by atoms with Crippen LogP contribution in [0.15, 0.2) is 54.6 Å². The highest BCUT2D eigenvalue weighted by atomic mass is 16.6. The molecule has 8 heteroatoms. The molecule has 0 aliphatic heterocycles. The Morgan fingerprint density at radius 1 is 0.882 bits per heavy atom. The Morgan fingerprint density at radius 3 is 1.97 bits per heavy atom. The second-order valence-corrected chi connectivity index (χ2v) is 9.36. The maximum atomic E-state index is 12.3. The van der Waals surface area contributed by atoms with Crippen molar-refractivity contribution in [2.45, 2.75) is 59.1 Å². The number of ether oxygens (including phenoxy) is 1. The third kappa shape index (κ3) is 12.5. The predicted octanol–water partition coefficient (Wildman–Crippen LogP) is 3.47. The van der Waals surface area contributed by atoms with E-state index >= 15 is 0 Å². The fourth-order valence-electron chi connectivity index (χ4n) is 2.65. The third-order valence-electron chi connectivity index (χ3n) is 4.39. The summed E-state index contributed by atoms with van der Waals surface area (Å²) in [5, 5.41) is 16.9. The Balaban J connectivity index is 0.000000700. The van der Waals surface area contributed by atoms with Gasteiger partial charge in [-0.25, -0.2) is 4.79 Å². The molecule has 0 radical (unpaired) electrons. The van der Waals surface area contributed by atoms with Gasteiger partial charge in [-0.1, -0.05) is 48.0 Å². The normalized spacial score (nSPS) is 10.9. The Labute approximate surface area is 202 Å². The first-order valence-electron chi connectivity index (χ1n) is 11.1. The molecule has 3 amide bonds. The van der Waals surface area contributed by atoms with Gasteiger partial charge >= 0.3 is 6.09 Å². The van der Waals surface area contributed by atoms with Crippen LogP contribution < -0.4 is 16.0 Å². The highest BCUT2D eigenvalue weighted by Gasteiger charge is 2.29. The second-order valence-electron chi connectivity index (χ2n) is 9.36. The van der Waals surface area contributed by atoms with Crippen molar-refractivity contribution in [1.82, 2.24) is 16.0 Å². The molecule has 0 saturated heterocycles. The average molecular weight is 472 g/mol. The zero-order chi connectivity index (χ0) is 25.8. The van der Waals surface area contributed by atoms with Crippen LogP contribution >= 0.6 is 0 Å². The van der Waals surface area contributed by atoms with E-state index in [1.807, 2.05) is 18.2 Å². The fraction of sp³-hybridized carbons (Fsp3) is 0.423. The molecule has 34 heavy (non-hydrogen) atoms. The number of amides is 3. The summed E-state index contributed by atoms with van der Waals surface area (Å²) in [6, 6.07) is 17.0. The molecular weight excluding hydrogens is 434 g/mol. The van der Waals surface area contributed by atoms with Gasteiger partial charge in [-0.2, -0.15) is 0 Å². The van der Waals surface area contributed by atoms with Crippen molar-refractivity contribution in [3.63, 3.8) is 0 Å². The van der Waals surface area contributed by atoms with Gasteiger partial charge in [0.05, 0.1) is 0 Å². The largest absolute Gasteiger partial charge is 0.508 e. The molecule has 4 N–H and O–H groups in total. The van der Waals surface area contributed by atoms with Crippen molar-refractivity contribution >= 4 is 17.9 Å². The van der Waals surface area contributed by atoms with Gasteiger partial charge in [0.25, 0.3) is 0 Å². The van der Waals surface area contributed by atoms with Crippen molar-refractivity contribution in [2.24, 2.45) is 0 Å². The van der Waals surface area contributed by atoms with Gasteiger partial charge in [0.15, 0.2) is 0 Å². The molecule has 0 atom stereocenters. The minimum absolute atomic E-state index is 0.187. The van der Waals surface area contributed by atoms with E-state index < -0.39 is 23.1 Å². The lowest BCUT2D eigenvalue weighted by atomic mass is 10.0. The summed E-state index contributed by atoms with van der Waals surface area (Å²) in [7, 11) is 0. The number of phenolic OH excluding ortho intramolecular Hbond substituents is 1. The van der Waals surface area contributed by atoms with E-state index in [1.54, 1.807) is 58.9 Å². The monoisotopic (exact) mass is 471 g/mol. The maximum absolute atomic E-state index is 12.3. The van der Waals surface area contributed by atoms with Gasteiger partial charge < -0.3 is 25.8 Å². The Bertz CT molecular complexity index is 920. The number of carbonyl (C=O) groups excluding carboxylic acids is 3. The van der Waals surface area contributed by atoms with Crippen LogP contribution in [0.25, 0.3) is 0 Å². The van der Waals surface area contributed by atoms with Gasteiger partial charge in [-0.15, -0.1) is 0 Å². The van der Waals surface area contributed by atoms with E-state index in [0.29, 0.717) is 13.0 Å². The summed E-state index contributed by atoms with van der Waals surface area (Å²) in [6.07, 6.45) is -0.107. The molecule has 0 unspecified atom stereocenters. The highest BCUT2D eigenvalue weighted by Crippen LogP contribution is 2.10. The minimum Gasteiger partial charge on any atom is -0.508 e. The van der Waals surface area contributed by atoms with E-state index in [4.69, 9.17) is 4.74 Å². The van der Waals surface area contributed by atoms with Gasteiger partial charge in [-0.3, -0.25) is 9.59 Å². The number of hydrogen-bond acceptors (Lipinski definition) is 5. The van der Waals surface area contributed by atoms with Crippen LogP contribution in [0, 0.1) is 6.92 Å². The molecule has 0 aromatic heterocycles. The van der Waals surface area contributed by atoms with Crippen LogP contribution in [0.1, 0.15) is 45.7 Å². The summed E-state index contributed by atoms with van der Waals surface area (Å²) >= 11 is 0. The van der Waals surface area contributed by atoms with Crippen LogP contribution in [0.2, 0.25) is 0 Å². The first-order chi connectivity index (χ1) is 15.8. The molecule has 2 aromatic carbocycles. The van der Waals surface area contributed by atoms with E-state index in [0.717, 1.165) is 5.56 Å². The van der Waals surface area contributed by atoms with Crippen LogP contribution in [-0.2, 0) is 20.7 Å². The fourth-order valence-corrected chi connectivity index (χ4v) is 2.65. The van der Waals surface area contributed by atoms with E-state index in [-0.39, 0.29) is 18.2 Å². The highest BCUT2D eigenvalue weighted by molar-refractivity contribution is 5.92. The zero-order valence-electron chi connectivity index (χ0n) is 20.9. The minimum atomic E-state index is -1.14. The molecule has 2 rings (SSSR count). The number of alkyl carbamates (subject to hydrolysis) is 1. The lowest BCUT2D eigenvalue weighted by molar-refractivity contribution is -0.131. The van der Waals surface area contributed by atoms with E-state index in [9.17, 15) is 19.5 Å². The Morgan fingerprint density at radius 2 is 1.47 bits per heavy atom. The van der Waals surface area contributed by atoms with Crippen molar-refractivity contribution in [2.75, 3.05) is 13.1 Å². The van der Waals surface area contributed by atoms with E-state index in [1.165, 1.54) is 5.56 Å². The van der Waals surface area contributed by atoms with Crippen LogP contribution in [0.3, 0.4) is 0 Å². The number of hydrogen-bond donors (Lipinski definition) is 4. The second kappa shape index (κ2) is 13.2. The molecule has 0 aliphatic rings. The first kappa shape index (κ1) is 28.5. The summed E-state index contributed by atoms with van der Waals surface area (Å²) in [4.78, 5) is 35.8.